The first kappa shape index (κ1) is 17.6. The highest BCUT2D eigenvalue weighted by atomic mass is 16.7. The number of anilines is 1. The Hall–Kier alpha value is -2.25. The van der Waals surface area contributed by atoms with Crippen LogP contribution in [0, 0.1) is 6.92 Å². The van der Waals surface area contributed by atoms with Gasteiger partial charge in [-0.2, -0.15) is 0 Å². The molecule has 0 aliphatic carbocycles. The number of aromatic nitrogens is 2. The molecule has 6 nitrogen and oxygen atoms in total. The molecule has 2 aromatic heterocycles. The van der Waals surface area contributed by atoms with Crippen molar-refractivity contribution in [2.24, 2.45) is 0 Å². The van der Waals surface area contributed by atoms with E-state index in [2.05, 4.69) is 15.3 Å². The number of carbonyl (C=O) groups is 1. The van der Waals surface area contributed by atoms with Crippen LogP contribution in [0.25, 0.3) is 0 Å². The van der Waals surface area contributed by atoms with Crippen LogP contribution in [0.4, 0.5) is 5.82 Å². The molecule has 1 N–H and O–H groups in total. The Kier molecular flexibility index (Phi) is 4.39. The van der Waals surface area contributed by atoms with Gasteiger partial charge in [0.2, 0.25) is 0 Å². The molecule has 0 bridgehead atoms. The molecule has 1 fully saturated rings. The highest BCUT2D eigenvalue weighted by molar-refractivity contribution is 6.61. The molecule has 0 radical (unpaired) electrons. The third-order valence-electron chi connectivity index (χ3n) is 4.63. The van der Waals surface area contributed by atoms with Gasteiger partial charge >= 0.3 is 7.12 Å². The first-order valence-electron chi connectivity index (χ1n) is 8.25. The minimum absolute atomic E-state index is 0.303. The molecule has 7 heteroatoms. The molecule has 1 amide bonds. The second-order valence-corrected chi connectivity index (χ2v) is 7.15. The number of nitrogens with one attached hydrogen (secondary N) is 1. The van der Waals surface area contributed by atoms with Crippen LogP contribution in [-0.2, 0) is 9.31 Å². The minimum Gasteiger partial charge on any atom is -0.398 e. The van der Waals surface area contributed by atoms with Gasteiger partial charge < -0.3 is 14.6 Å². The lowest BCUT2D eigenvalue weighted by Gasteiger charge is -2.32. The molecule has 1 aliphatic heterocycles. The highest BCUT2D eigenvalue weighted by Crippen LogP contribution is 2.36. The number of hydrogen-bond donors (Lipinski definition) is 1. The van der Waals surface area contributed by atoms with Crippen LogP contribution in [0.1, 0.15) is 43.9 Å². The van der Waals surface area contributed by atoms with Crippen LogP contribution in [-0.4, -0.2) is 34.2 Å². The summed E-state index contributed by atoms with van der Waals surface area (Å²) in [4.78, 5) is 21.0. The average Bonchev–Trinajstić information content (AvgIpc) is 2.76. The van der Waals surface area contributed by atoms with E-state index < -0.39 is 18.3 Å². The minimum atomic E-state index is -0.570. The SMILES string of the molecule is Cc1cccc(C(=O)Nc2cccc(B3OC(C)(C)C(C)(C)O3)n2)n1. The third-order valence-corrected chi connectivity index (χ3v) is 4.63. The van der Waals surface area contributed by atoms with Gasteiger partial charge in [-0.05, 0) is 58.9 Å². The summed E-state index contributed by atoms with van der Waals surface area (Å²) in [5.41, 5.74) is 0.872. The summed E-state index contributed by atoms with van der Waals surface area (Å²) in [5, 5.41) is 2.77. The monoisotopic (exact) mass is 339 g/mol. The summed E-state index contributed by atoms with van der Waals surface area (Å²) < 4.78 is 12.0. The Morgan fingerprint density at radius 1 is 1.00 bits per heavy atom. The Labute approximate surface area is 148 Å². The van der Waals surface area contributed by atoms with Crippen molar-refractivity contribution >= 4 is 24.4 Å². The molecule has 130 valence electrons. The second-order valence-electron chi connectivity index (χ2n) is 7.15. The number of amides is 1. The van der Waals surface area contributed by atoms with Crippen LogP contribution in [0.2, 0.25) is 0 Å². The molecular weight excluding hydrogens is 317 g/mol. The molecule has 3 rings (SSSR count). The maximum atomic E-state index is 12.3. The summed E-state index contributed by atoms with van der Waals surface area (Å²) >= 11 is 0. The van der Waals surface area contributed by atoms with Crippen molar-refractivity contribution in [1.29, 1.82) is 0 Å². The fourth-order valence-corrected chi connectivity index (χ4v) is 2.47. The summed E-state index contributed by atoms with van der Waals surface area (Å²) in [6.45, 7) is 9.79. The molecule has 0 unspecified atom stereocenters. The quantitative estimate of drug-likeness (QED) is 0.869. The fourth-order valence-electron chi connectivity index (χ4n) is 2.47. The largest absolute Gasteiger partial charge is 0.514 e. The molecule has 2 aromatic rings. The number of nitrogens with zero attached hydrogens (tertiary/aromatic N) is 2. The van der Waals surface area contributed by atoms with E-state index in [-0.39, 0.29) is 5.91 Å². The normalized spacial score (nSPS) is 18.2. The van der Waals surface area contributed by atoms with Gasteiger partial charge in [0.1, 0.15) is 11.5 Å². The standard InChI is InChI=1S/C18H22BN3O3/c1-12-8-6-9-13(20-12)16(23)22-15-11-7-10-14(21-15)19-24-17(2,3)18(4,5)25-19/h6-11H,1-5H3,(H,21,22,23). The zero-order valence-corrected chi connectivity index (χ0v) is 15.2. The van der Waals surface area contributed by atoms with Gasteiger partial charge in [0, 0.05) is 5.69 Å². The molecular formula is C18H22BN3O3. The van der Waals surface area contributed by atoms with Gasteiger partial charge in [0.25, 0.3) is 5.91 Å². The maximum Gasteiger partial charge on any atom is 0.514 e. The summed E-state index contributed by atoms with van der Waals surface area (Å²) in [7, 11) is -0.570. The van der Waals surface area contributed by atoms with Crippen molar-refractivity contribution in [3.8, 4) is 0 Å². The van der Waals surface area contributed by atoms with Crippen molar-refractivity contribution in [3.63, 3.8) is 0 Å². The van der Waals surface area contributed by atoms with Gasteiger partial charge in [0.15, 0.2) is 0 Å². The fraction of sp³-hybridized carbons (Fsp3) is 0.389. The van der Waals surface area contributed by atoms with Crippen LogP contribution in [0.3, 0.4) is 0 Å². The van der Waals surface area contributed by atoms with E-state index in [9.17, 15) is 4.79 Å². The van der Waals surface area contributed by atoms with E-state index in [0.29, 0.717) is 17.1 Å². The first-order chi connectivity index (χ1) is 11.7. The first-order valence-corrected chi connectivity index (χ1v) is 8.25. The van der Waals surface area contributed by atoms with Crippen molar-refractivity contribution in [2.45, 2.75) is 45.8 Å². The van der Waals surface area contributed by atoms with E-state index in [1.807, 2.05) is 52.8 Å². The van der Waals surface area contributed by atoms with E-state index in [1.165, 1.54) is 0 Å². The topological polar surface area (TPSA) is 73.3 Å². The van der Waals surface area contributed by atoms with Gasteiger partial charge in [-0.15, -0.1) is 0 Å². The van der Waals surface area contributed by atoms with E-state index >= 15 is 0 Å². The molecule has 1 aliphatic rings. The molecule has 0 aromatic carbocycles. The Morgan fingerprint density at radius 2 is 1.64 bits per heavy atom. The second kappa shape index (κ2) is 6.24. The number of pyridine rings is 2. The highest BCUT2D eigenvalue weighted by Gasteiger charge is 2.52. The van der Waals surface area contributed by atoms with Gasteiger partial charge in [-0.1, -0.05) is 12.1 Å². The summed E-state index contributed by atoms with van der Waals surface area (Å²) in [5.74, 6) is 0.128. The zero-order chi connectivity index (χ0) is 18.2. The molecule has 0 saturated carbocycles. The zero-order valence-electron chi connectivity index (χ0n) is 15.2. The predicted molar refractivity (Wildman–Crippen MR) is 96.9 cm³/mol. The lowest BCUT2D eigenvalue weighted by Crippen LogP contribution is -2.41. The van der Waals surface area contributed by atoms with Crippen molar-refractivity contribution in [1.82, 2.24) is 9.97 Å². The number of carbonyl (C=O) groups excluding carboxylic acids is 1. The summed E-state index contributed by atoms with van der Waals surface area (Å²) in [6, 6.07) is 10.7. The third kappa shape index (κ3) is 3.57. The van der Waals surface area contributed by atoms with Crippen molar-refractivity contribution in [3.05, 3.63) is 47.8 Å². The molecule has 3 heterocycles. The number of hydrogen-bond acceptors (Lipinski definition) is 5. The van der Waals surface area contributed by atoms with Gasteiger partial charge in [-0.25, -0.2) is 9.97 Å². The van der Waals surface area contributed by atoms with Gasteiger partial charge in [-0.3, -0.25) is 4.79 Å². The molecule has 1 saturated heterocycles. The van der Waals surface area contributed by atoms with E-state index in [0.717, 1.165) is 5.69 Å². The molecule has 0 atom stereocenters. The van der Waals surface area contributed by atoms with Crippen LogP contribution in [0.5, 0.6) is 0 Å². The Balaban J connectivity index is 1.78. The summed E-state index contributed by atoms with van der Waals surface area (Å²) in [6.07, 6.45) is 0. The maximum absolute atomic E-state index is 12.3. The average molecular weight is 339 g/mol. The molecule has 0 spiro atoms. The predicted octanol–water partition coefficient (Wildman–Crippen LogP) is 2.34. The Bertz CT molecular complexity index is 792. The van der Waals surface area contributed by atoms with Crippen molar-refractivity contribution in [2.75, 3.05) is 5.32 Å². The van der Waals surface area contributed by atoms with E-state index in [1.54, 1.807) is 18.2 Å². The lowest BCUT2D eigenvalue weighted by molar-refractivity contribution is 0.00578. The number of rotatable bonds is 3. The van der Waals surface area contributed by atoms with Crippen LogP contribution < -0.4 is 10.9 Å². The number of aryl methyl sites for hydroxylation is 1. The molecule has 25 heavy (non-hydrogen) atoms. The van der Waals surface area contributed by atoms with Gasteiger partial charge in [0.05, 0.1) is 16.8 Å². The van der Waals surface area contributed by atoms with Crippen LogP contribution in [0.15, 0.2) is 36.4 Å². The van der Waals surface area contributed by atoms with Crippen molar-refractivity contribution < 1.29 is 14.1 Å². The van der Waals surface area contributed by atoms with E-state index in [4.69, 9.17) is 9.31 Å². The smallest absolute Gasteiger partial charge is 0.398 e. The Morgan fingerprint density at radius 3 is 2.28 bits per heavy atom. The lowest BCUT2D eigenvalue weighted by atomic mass is 9.84. The van der Waals surface area contributed by atoms with Crippen LogP contribution >= 0.6 is 0 Å².